The number of thiophene rings is 1. The normalized spacial score (nSPS) is 21.9. The molecule has 3 fully saturated rings. The number of hydrogen-bond acceptors (Lipinski definition) is 7. The zero-order valence-corrected chi connectivity index (χ0v) is 21.4. The molecule has 3 aliphatic heterocycles. The van der Waals surface area contributed by atoms with Crippen LogP contribution in [0.15, 0.2) is 16.8 Å². The van der Waals surface area contributed by atoms with Crippen LogP contribution in [0, 0.1) is 0 Å². The molecule has 1 spiro atoms. The van der Waals surface area contributed by atoms with E-state index in [1.165, 1.54) is 31.5 Å². The van der Waals surface area contributed by atoms with Gasteiger partial charge in [0.05, 0.1) is 24.9 Å². The third-order valence-corrected chi connectivity index (χ3v) is 7.11. The molecule has 3 saturated heterocycles. The minimum absolute atomic E-state index is 0.101. The molecule has 1 atom stereocenters. The number of hydrogen-bond donors (Lipinski definition) is 2. The molecule has 218 valence electrons. The highest BCUT2D eigenvalue weighted by atomic mass is 32.1. The fraction of sp³-hybridized carbons (Fsp3) is 0.739. The Balaban J connectivity index is 0.000000301. The molecule has 0 amide bonds. The average Bonchev–Trinajstić information content (AvgIpc) is 3.59. The van der Waals surface area contributed by atoms with Crippen LogP contribution >= 0.6 is 11.3 Å². The van der Waals surface area contributed by atoms with Gasteiger partial charge in [-0.05, 0) is 61.2 Å². The van der Waals surface area contributed by atoms with Crippen LogP contribution in [-0.2, 0) is 25.6 Å². The fourth-order valence-corrected chi connectivity index (χ4v) is 5.03. The number of rotatable bonds is 6. The van der Waals surface area contributed by atoms with E-state index < -0.39 is 24.3 Å². The first-order valence-corrected chi connectivity index (χ1v) is 13.0. The first-order chi connectivity index (χ1) is 17.7. The van der Waals surface area contributed by atoms with E-state index in [-0.39, 0.29) is 5.60 Å². The van der Waals surface area contributed by atoms with E-state index >= 15 is 0 Å². The third kappa shape index (κ3) is 11.4. The number of ether oxygens (including phenoxy) is 2. The highest BCUT2D eigenvalue weighted by molar-refractivity contribution is 7.07. The van der Waals surface area contributed by atoms with Crippen molar-refractivity contribution in [1.29, 1.82) is 0 Å². The molecule has 3 aliphatic rings. The number of piperidine rings is 1. The second-order valence-electron chi connectivity index (χ2n) is 9.25. The van der Waals surface area contributed by atoms with E-state index in [0.717, 1.165) is 58.7 Å². The summed E-state index contributed by atoms with van der Waals surface area (Å²) in [7, 11) is 0. The van der Waals surface area contributed by atoms with Crippen molar-refractivity contribution in [1.82, 2.24) is 9.80 Å². The van der Waals surface area contributed by atoms with Gasteiger partial charge in [-0.3, -0.25) is 4.90 Å². The predicted molar refractivity (Wildman–Crippen MR) is 125 cm³/mol. The minimum Gasteiger partial charge on any atom is -0.475 e. The molecule has 0 radical (unpaired) electrons. The molecule has 8 nitrogen and oxygen atoms in total. The van der Waals surface area contributed by atoms with Gasteiger partial charge in [-0.1, -0.05) is 0 Å². The summed E-state index contributed by atoms with van der Waals surface area (Å²) in [6, 6.07) is 2.24. The molecule has 4 heterocycles. The van der Waals surface area contributed by atoms with Crippen LogP contribution in [0.1, 0.15) is 37.7 Å². The molecule has 15 heteroatoms. The second kappa shape index (κ2) is 14.4. The Kier molecular flexibility index (Phi) is 12.3. The molecule has 2 N–H and O–H groups in total. The maximum atomic E-state index is 10.6. The Labute approximate surface area is 220 Å². The monoisotopic (exact) mass is 578 g/mol. The van der Waals surface area contributed by atoms with Gasteiger partial charge in [0.1, 0.15) is 0 Å². The van der Waals surface area contributed by atoms with Crippen molar-refractivity contribution in [2.24, 2.45) is 0 Å². The molecule has 38 heavy (non-hydrogen) atoms. The molecule has 4 rings (SSSR count). The van der Waals surface area contributed by atoms with Crippen molar-refractivity contribution in [2.75, 3.05) is 45.9 Å². The Hall–Kier alpha value is -1.94. The quantitative estimate of drug-likeness (QED) is 0.484. The number of carboxylic acids is 2. The van der Waals surface area contributed by atoms with Crippen LogP contribution < -0.4 is 0 Å². The zero-order valence-electron chi connectivity index (χ0n) is 20.6. The third-order valence-electron chi connectivity index (χ3n) is 6.37. The maximum absolute atomic E-state index is 10.6. The lowest BCUT2D eigenvalue weighted by atomic mass is 9.88. The fourth-order valence-electron chi connectivity index (χ4n) is 4.37. The van der Waals surface area contributed by atoms with Gasteiger partial charge in [-0.15, -0.1) is 0 Å². The van der Waals surface area contributed by atoms with Crippen LogP contribution in [0.2, 0.25) is 0 Å². The SMILES string of the molecule is O=C(O)C(F)(F)F.O=C(O)C(F)(F)F.c1cc(CN2CCC3(CC2)CC(OCCN2CCCC2)CO3)cs1. The summed E-state index contributed by atoms with van der Waals surface area (Å²) in [6.07, 6.45) is -3.73. The van der Waals surface area contributed by atoms with Gasteiger partial charge < -0.3 is 24.6 Å². The van der Waals surface area contributed by atoms with Crippen molar-refractivity contribution in [2.45, 2.75) is 62.7 Å². The number of carboxylic acid groups (broad SMARTS) is 2. The summed E-state index contributed by atoms with van der Waals surface area (Å²) in [6.45, 7) is 8.67. The summed E-state index contributed by atoms with van der Waals surface area (Å²) >= 11 is 1.79. The molecule has 0 aliphatic carbocycles. The number of likely N-dealkylation sites (tertiary alicyclic amines) is 2. The summed E-state index contributed by atoms with van der Waals surface area (Å²) < 4.78 is 75.8. The molecule has 1 aromatic rings. The first-order valence-electron chi connectivity index (χ1n) is 12.0. The van der Waals surface area contributed by atoms with Crippen LogP contribution in [0.4, 0.5) is 26.3 Å². The number of alkyl halides is 6. The van der Waals surface area contributed by atoms with Crippen molar-refractivity contribution in [3.63, 3.8) is 0 Å². The van der Waals surface area contributed by atoms with E-state index in [9.17, 15) is 26.3 Å². The Morgan fingerprint density at radius 2 is 1.55 bits per heavy atom. The van der Waals surface area contributed by atoms with Crippen molar-refractivity contribution in [3.8, 4) is 0 Å². The van der Waals surface area contributed by atoms with Crippen LogP contribution in [-0.4, -0.2) is 102 Å². The number of carbonyl (C=O) groups is 2. The van der Waals surface area contributed by atoms with Gasteiger partial charge in [0, 0.05) is 32.6 Å². The standard InChI is InChI=1S/C19H30N2O2S.2C2HF3O2/c1-2-7-20(6-1)10-11-22-18-13-19(23-15-18)4-8-21(9-5-19)14-17-3-12-24-16-17;2*3-2(4,5)1(6)7/h3,12,16,18H,1-2,4-11,13-15H2;2*(H,6,7). The van der Waals surface area contributed by atoms with Crippen molar-refractivity contribution >= 4 is 23.3 Å². The maximum Gasteiger partial charge on any atom is 0.490 e. The molecular weight excluding hydrogens is 546 g/mol. The molecule has 0 bridgehead atoms. The smallest absolute Gasteiger partial charge is 0.475 e. The Morgan fingerprint density at radius 3 is 2.03 bits per heavy atom. The van der Waals surface area contributed by atoms with E-state index in [1.807, 2.05) is 0 Å². The number of aliphatic carboxylic acids is 2. The van der Waals surface area contributed by atoms with E-state index in [4.69, 9.17) is 29.3 Å². The van der Waals surface area contributed by atoms with E-state index in [0.29, 0.717) is 6.10 Å². The van der Waals surface area contributed by atoms with Crippen molar-refractivity contribution < 1.29 is 55.6 Å². The molecular formula is C23H32F6N2O6S. The van der Waals surface area contributed by atoms with Gasteiger partial charge in [0.25, 0.3) is 0 Å². The molecule has 0 saturated carbocycles. The van der Waals surface area contributed by atoms with Gasteiger partial charge in [0.15, 0.2) is 0 Å². The first kappa shape index (κ1) is 32.3. The van der Waals surface area contributed by atoms with Crippen LogP contribution in [0.25, 0.3) is 0 Å². The zero-order chi connectivity index (χ0) is 28.4. The Bertz CT molecular complexity index is 830. The Morgan fingerprint density at radius 1 is 1.00 bits per heavy atom. The second-order valence-corrected chi connectivity index (χ2v) is 10.0. The lowest BCUT2D eigenvalue weighted by molar-refractivity contribution is -0.193. The minimum atomic E-state index is -5.08. The highest BCUT2D eigenvalue weighted by Crippen LogP contribution is 2.37. The van der Waals surface area contributed by atoms with Crippen LogP contribution in [0.3, 0.4) is 0 Å². The lowest BCUT2D eigenvalue weighted by Gasteiger charge is -2.38. The summed E-state index contributed by atoms with van der Waals surface area (Å²) in [5.74, 6) is -5.51. The van der Waals surface area contributed by atoms with Crippen molar-refractivity contribution in [3.05, 3.63) is 22.4 Å². The lowest BCUT2D eigenvalue weighted by Crippen LogP contribution is -2.43. The highest BCUT2D eigenvalue weighted by Gasteiger charge is 2.43. The van der Waals surface area contributed by atoms with Crippen LogP contribution in [0.5, 0.6) is 0 Å². The van der Waals surface area contributed by atoms with Gasteiger partial charge in [-0.25, -0.2) is 9.59 Å². The average molecular weight is 579 g/mol. The molecule has 0 aromatic carbocycles. The van der Waals surface area contributed by atoms with E-state index in [2.05, 4.69) is 26.6 Å². The number of nitrogens with zero attached hydrogens (tertiary/aromatic N) is 2. The van der Waals surface area contributed by atoms with Gasteiger partial charge in [-0.2, -0.15) is 37.7 Å². The topological polar surface area (TPSA) is 99.5 Å². The largest absolute Gasteiger partial charge is 0.490 e. The summed E-state index contributed by atoms with van der Waals surface area (Å²) in [5.41, 5.74) is 1.55. The summed E-state index contributed by atoms with van der Waals surface area (Å²) in [5, 5.41) is 18.7. The van der Waals surface area contributed by atoms with Gasteiger partial charge >= 0.3 is 24.3 Å². The number of halogens is 6. The van der Waals surface area contributed by atoms with E-state index in [1.54, 1.807) is 11.3 Å². The summed E-state index contributed by atoms with van der Waals surface area (Å²) in [4.78, 5) is 22.9. The molecule has 1 aromatic heterocycles. The predicted octanol–water partition coefficient (Wildman–Crippen LogP) is 4.25. The molecule has 1 unspecified atom stereocenters. The van der Waals surface area contributed by atoms with Gasteiger partial charge in [0.2, 0.25) is 0 Å².